The number of nitrogens with one attached hydrogen (secondary N) is 2. The minimum atomic E-state index is 0.0952. The van der Waals surface area contributed by atoms with Crippen LogP contribution in [0, 0.1) is 0 Å². The smallest absolute Gasteiger partial charge is 0.234 e. The van der Waals surface area contributed by atoms with E-state index in [1.54, 1.807) is 11.3 Å². The monoisotopic (exact) mass is 404 g/mol. The quantitative estimate of drug-likeness (QED) is 0.504. The molecule has 1 aliphatic rings. The lowest BCUT2D eigenvalue weighted by atomic mass is 10.1. The Hall–Kier alpha value is -2.70. The van der Waals surface area contributed by atoms with Crippen molar-refractivity contribution in [2.24, 2.45) is 0 Å². The number of carbonyl (C=O) groups excluding carboxylic acids is 1. The third-order valence-corrected chi connectivity index (χ3v) is 6.83. The first-order valence-corrected chi connectivity index (χ1v) is 11.0. The van der Waals surface area contributed by atoms with E-state index in [2.05, 4.69) is 45.5 Å². The number of likely N-dealkylation sites (tertiary alicyclic amines) is 1. The van der Waals surface area contributed by atoms with E-state index in [-0.39, 0.29) is 11.9 Å². The molecule has 29 heavy (non-hydrogen) atoms. The van der Waals surface area contributed by atoms with Gasteiger partial charge in [0.15, 0.2) is 0 Å². The Morgan fingerprint density at radius 3 is 3.00 bits per heavy atom. The van der Waals surface area contributed by atoms with Crippen LogP contribution < -0.4 is 5.32 Å². The van der Waals surface area contributed by atoms with Crippen LogP contribution in [0.1, 0.15) is 29.5 Å². The second kappa shape index (κ2) is 7.97. The van der Waals surface area contributed by atoms with E-state index in [1.165, 1.54) is 15.6 Å². The number of hydrogen-bond donors (Lipinski definition) is 2. The van der Waals surface area contributed by atoms with Crippen LogP contribution in [-0.4, -0.2) is 40.4 Å². The maximum Gasteiger partial charge on any atom is 0.234 e. The van der Waals surface area contributed by atoms with E-state index < -0.39 is 0 Å². The van der Waals surface area contributed by atoms with Crippen molar-refractivity contribution in [3.63, 3.8) is 0 Å². The van der Waals surface area contributed by atoms with Crippen LogP contribution in [0.5, 0.6) is 0 Å². The number of para-hydroxylation sites is 2. The maximum absolute atomic E-state index is 12.6. The molecule has 2 aromatic heterocycles. The summed E-state index contributed by atoms with van der Waals surface area (Å²) in [7, 11) is 0. The van der Waals surface area contributed by atoms with E-state index in [9.17, 15) is 4.79 Å². The zero-order valence-corrected chi connectivity index (χ0v) is 17.0. The largest absolute Gasteiger partial charge is 0.361 e. The summed E-state index contributed by atoms with van der Waals surface area (Å²) in [6.45, 7) is 2.05. The van der Waals surface area contributed by atoms with Crippen molar-refractivity contribution in [3.05, 3.63) is 65.3 Å². The number of H-pyrrole nitrogens is 1. The first kappa shape index (κ1) is 18.3. The zero-order valence-electron chi connectivity index (χ0n) is 16.2. The summed E-state index contributed by atoms with van der Waals surface area (Å²) in [4.78, 5) is 23.0. The van der Waals surface area contributed by atoms with E-state index in [4.69, 9.17) is 4.98 Å². The summed E-state index contributed by atoms with van der Waals surface area (Å²) < 4.78 is 1.22. The van der Waals surface area contributed by atoms with Gasteiger partial charge in [-0.25, -0.2) is 4.98 Å². The van der Waals surface area contributed by atoms with Gasteiger partial charge in [-0.05, 0) is 49.6 Å². The molecule has 4 aromatic rings. The van der Waals surface area contributed by atoms with Crippen LogP contribution in [-0.2, 0) is 11.2 Å². The molecule has 1 fully saturated rings. The molecule has 0 aliphatic carbocycles. The zero-order chi connectivity index (χ0) is 19.6. The highest BCUT2D eigenvalue weighted by atomic mass is 32.1. The first-order valence-electron chi connectivity index (χ1n) is 10.2. The Kier molecular flexibility index (Phi) is 5.04. The molecule has 5 nitrogen and oxygen atoms in total. The lowest BCUT2D eigenvalue weighted by molar-refractivity contribution is -0.122. The van der Waals surface area contributed by atoms with Crippen LogP contribution >= 0.6 is 11.3 Å². The number of benzene rings is 2. The molecule has 1 aliphatic heterocycles. The van der Waals surface area contributed by atoms with Crippen molar-refractivity contribution in [1.82, 2.24) is 20.2 Å². The third kappa shape index (κ3) is 3.78. The Morgan fingerprint density at radius 1 is 1.21 bits per heavy atom. The van der Waals surface area contributed by atoms with Crippen molar-refractivity contribution < 1.29 is 4.79 Å². The van der Waals surface area contributed by atoms with Crippen LogP contribution in [0.4, 0.5) is 0 Å². The lowest BCUT2D eigenvalue weighted by Gasteiger charge is -2.22. The number of hydrogen-bond acceptors (Lipinski definition) is 4. The maximum atomic E-state index is 12.6. The summed E-state index contributed by atoms with van der Waals surface area (Å²) in [6, 6.07) is 16.8. The summed E-state index contributed by atoms with van der Waals surface area (Å²) in [5.74, 6) is 0.0952. The predicted octanol–water partition coefficient (Wildman–Crippen LogP) is 4.27. The van der Waals surface area contributed by atoms with Gasteiger partial charge in [0.05, 0.1) is 22.8 Å². The molecular weight excluding hydrogens is 380 g/mol. The molecule has 0 saturated carbocycles. The van der Waals surface area contributed by atoms with Crippen LogP contribution in [0.2, 0.25) is 0 Å². The van der Waals surface area contributed by atoms with E-state index in [1.807, 2.05) is 24.4 Å². The summed E-state index contributed by atoms with van der Waals surface area (Å²) >= 11 is 1.75. The Bertz CT molecular complexity index is 1110. The van der Waals surface area contributed by atoms with Crippen LogP contribution in [0.25, 0.3) is 21.1 Å². The average molecular weight is 405 g/mol. The van der Waals surface area contributed by atoms with E-state index >= 15 is 0 Å². The molecule has 0 spiro atoms. The molecule has 6 heteroatoms. The Labute approximate surface area is 173 Å². The molecule has 5 rings (SSSR count). The molecule has 1 atom stereocenters. The predicted molar refractivity (Wildman–Crippen MR) is 118 cm³/mol. The van der Waals surface area contributed by atoms with Gasteiger partial charge in [-0.1, -0.05) is 30.3 Å². The second-order valence-corrected chi connectivity index (χ2v) is 8.67. The summed E-state index contributed by atoms with van der Waals surface area (Å²) in [5, 5.41) is 5.47. The number of rotatable bonds is 6. The molecule has 2 aromatic carbocycles. The fourth-order valence-corrected chi connectivity index (χ4v) is 5.38. The highest BCUT2D eigenvalue weighted by Crippen LogP contribution is 2.36. The molecule has 2 N–H and O–H groups in total. The van der Waals surface area contributed by atoms with Crippen LogP contribution in [0.3, 0.4) is 0 Å². The fraction of sp³-hybridized carbons (Fsp3) is 0.304. The van der Waals surface area contributed by atoms with Gasteiger partial charge >= 0.3 is 0 Å². The van der Waals surface area contributed by atoms with E-state index in [0.717, 1.165) is 41.8 Å². The SMILES string of the molecule is O=C(CN1CCC[C@H]1c1nc2ccccc2s1)NCCc1c[nH]c2ccccc12. The van der Waals surface area contributed by atoms with Crippen LogP contribution in [0.15, 0.2) is 54.7 Å². The standard InChI is InChI=1S/C23H24N4OS/c28-22(24-12-11-16-14-25-18-7-2-1-6-17(16)18)15-27-13-5-9-20(27)23-26-19-8-3-4-10-21(19)29-23/h1-4,6-8,10,14,20,25H,5,9,11-13,15H2,(H,24,28)/t20-/m0/s1. The number of fused-ring (bicyclic) bond motifs is 2. The minimum Gasteiger partial charge on any atom is -0.361 e. The molecule has 0 radical (unpaired) electrons. The van der Waals surface area contributed by atoms with Gasteiger partial charge in [-0.3, -0.25) is 9.69 Å². The highest BCUT2D eigenvalue weighted by Gasteiger charge is 2.29. The van der Waals surface area contributed by atoms with Gasteiger partial charge in [0.1, 0.15) is 5.01 Å². The molecule has 1 saturated heterocycles. The number of nitrogens with zero attached hydrogens (tertiary/aromatic N) is 2. The van der Waals surface area contributed by atoms with Gasteiger partial charge in [0.25, 0.3) is 0 Å². The molecule has 0 unspecified atom stereocenters. The van der Waals surface area contributed by atoms with Crippen molar-refractivity contribution in [2.45, 2.75) is 25.3 Å². The summed E-state index contributed by atoms with van der Waals surface area (Å²) in [5.41, 5.74) is 3.45. The number of carbonyl (C=O) groups is 1. The fourth-order valence-electron chi connectivity index (χ4n) is 4.24. The van der Waals surface area contributed by atoms with Gasteiger partial charge in [-0.15, -0.1) is 11.3 Å². The average Bonchev–Trinajstić information content (AvgIpc) is 3.46. The topological polar surface area (TPSA) is 61.0 Å². The molecule has 3 heterocycles. The lowest BCUT2D eigenvalue weighted by Crippen LogP contribution is -2.37. The molecule has 148 valence electrons. The first-order chi connectivity index (χ1) is 14.3. The summed E-state index contributed by atoms with van der Waals surface area (Å²) in [6.07, 6.45) is 5.06. The van der Waals surface area contributed by atoms with Gasteiger partial charge < -0.3 is 10.3 Å². The minimum absolute atomic E-state index is 0.0952. The van der Waals surface area contributed by atoms with Crippen molar-refractivity contribution >= 4 is 38.4 Å². The van der Waals surface area contributed by atoms with Crippen molar-refractivity contribution in [2.75, 3.05) is 19.6 Å². The van der Waals surface area contributed by atoms with Gasteiger partial charge in [0.2, 0.25) is 5.91 Å². The number of aromatic nitrogens is 2. The van der Waals surface area contributed by atoms with Crippen molar-refractivity contribution in [1.29, 1.82) is 0 Å². The molecule has 1 amide bonds. The third-order valence-electron chi connectivity index (χ3n) is 5.70. The van der Waals surface area contributed by atoms with E-state index in [0.29, 0.717) is 13.1 Å². The Morgan fingerprint density at radius 2 is 2.07 bits per heavy atom. The van der Waals surface area contributed by atoms with Crippen molar-refractivity contribution in [3.8, 4) is 0 Å². The number of aromatic amines is 1. The number of amides is 1. The Balaban J connectivity index is 1.18. The van der Waals surface area contributed by atoms with Gasteiger partial charge in [0, 0.05) is 23.6 Å². The molecule has 0 bridgehead atoms. The second-order valence-electron chi connectivity index (χ2n) is 7.61. The normalized spacial score (nSPS) is 17.3. The highest BCUT2D eigenvalue weighted by molar-refractivity contribution is 7.18. The van der Waals surface area contributed by atoms with Gasteiger partial charge in [-0.2, -0.15) is 0 Å². The molecular formula is C23H24N4OS. The number of thiazole rings is 1.